The van der Waals surface area contributed by atoms with Gasteiger partial charge in [0.15, 0.2) is 0 Å². The zero-order chi connectivity index (χ0) is 20.8. The summed E-state index contributed by atoms with van der Waals surface area (Å²) in [6, 6.07) is 15.4. The van der Waals surface area contributed by atoms with Gasteiger partial charge in [0, 0.05) is 6.07 Å². The van der Waals surface area contributed by atoms with E-state index in [1.54, 1.807) is 18.2 Å². The molecule has 0 radical (unpaired) electrons. The van der Waals surface area contributed by atoms with Crippen LogP contribution in [0.2, 0.25) is 0 Å². The number of nitrogens with zero attached hydrogens (tertiary/aromatic N) is 2. The highest BCUT2D eigenvalue weighted by molar-refractivity contribution is 8.26. The molecular weight excluding hydrogens is 410 g/mol. The molecule has 146 valence electrons. The second-order valence-electron chi connectivity index (χ2n) is 5.88. The molecule has 9 heteroatoms. The summed E-state index contributed by atoms with van der Waals surface area (Å²) in [5.74, 6) is -0.952. The number of hydrogen-bond acceptors (Lipinski definition) is 6. The van der Waals surface area contributed by atoms with E-state index in [0.717, 1.165) is 17.3 Å². The van der Waals surface area contributed by atoms with E-state index in [0.29, 0.717) is 4.91 Å². The summed E-state index contributed by atoms with van der Waals surface area (Å²) in [5.41, 5.74) is 0.828. The number of nitro benzene ring substituents is 1. The van der Waals surface area contributed by atoms with Gasteiger partial charge in [0.2, 0.25) is 5.91 Å². The fraction of sp³-hybridized carbons (Fsp3) is 0.0500. The zero-order valence-corrected chi connectivity index (χ0v) is 16.6. The number of anilines is 1. The van der Waals surface area contributed by atoms with Crippen LogP contribution in [0.4, 0.5) is 11.4 Å². The van der Waals surface area contributed by atoms with Crippen LogP contribution in [0.1, 0.15) is 5.56 Å². The molecule has 2 aromatic rings. The first kappa shape index (κ1) is 20.4. The number of carbonyl (C=O) groups is 2. The lowest BCUT2D eigenvalue weighted by molar-refractivity contribution is -0.383. The van der Waals surface area contributed by atoms with Crippen molar-refractivity contribution < 1.29 is 14.5 Å². The van der Waals surface area contributed by atoms with E-state index in [2.05, 4.69) is 5.32 Å². The third-order valence-corrected chi connectivity index (χ3v) is 5.28. The Kier molecular flexibility index (Phi) is 6.53. The Morgan fingerprint density at radius 1 is 1.17 bits per heavy atom. The number of thioether (sulfide) groups is 1. The van der Waals surface area contributed by atoms with E-state index in [9.17, 15) is 19.7 Å². The van der Waals surface area contributed by atoms with Crippen molar-refractivity contribution in [2.45, 2.75) is 0 Å². The molecule has 0 unspecified atom stereocenters. The van der Waals surface area contributed by atoms with Gasteiger partial charge >= 0.3 is 0 Å². The minimum Gasteiger partial charge on any atom is -0.319 e. The highest BCUT2D eigenvalue weighted by Crippen LogP contribution is 2.31. The Balaban J connectivity index is 1.66. The third kappa shape index (κ3) is 5.15. The SMILES string of the molecule is O=C(CN1C(=O)/C(=C\C=C\c2ccccc2)SC1=S)Nc1ccccc1[N+](=O)[O-]. The van der Waals surface area contributed by atoms with E-state index < -0.39 is 10.8 Å². The van der Waals surface area contributed by atoms with Crippen molar-refractivity contribution in [3.05, 3.63) is 87.3 Å². The minimum absolute atomic E-state index is 0.0641. The summed E-state index contributed by atoms with van der Waals surface area (Å²) in [6.07, 6.45) is 5.25. The predicted molar refractivity (Wildman–Crippen MR) is 117 cm³/mol. The Morgan fingerprint density at radius 3 is 2.59 bits per heavy atom. The van der Waals surface area contributed by atoms with Crippen LogP contribution in [0.5, 0.6) is 0 Å². The standard InChI is InChI=1S/C20H15N3O4S2/c24-18(21-15-10-4-5-11-16(15)23(26)27)13-22-19(25)17(29-20(22)28)12-6-9-14-7-2-1-3-8-14/h1-12H,13H2,(H,21,24)/b9-6+,17-12+. The van der Waals surface area contributed by atoms with Crippen molar-refractivity contribution in [1.29, 1.82) is 0 Å². The molecule has 2 amide bonds. The fourth-order valence-electron chi connectivity index (χ4n) is 2.53. The molecule has 0 aliphatic carbocycles. The fourth-order valence-corrected chi connectivity index (χ4v) is 3.74. The molecule has 1 fully saturated rings. The summed E-state index contributed by atoms with van der Waals surface area (Å²) < 4.78 is 0.257. The highest BCUT2D eigenvalue weighted by Gasteiger charge is 2.33. The van der Waals surface area contributed by atoms with E-state index in [1.165, 1.54) is 23.1 Å². The smallest absolute Gasteiger partial charge is 0.292 e. The van der Waals surface area contributed by atoms with Crippen molar-refractivity contribution >= 4 is 57.6 Å². The van der Waals surface area contributed by atoms with Gasteiger partial charge in [0.25, 0.3) is 11.6 Å². The van der Waals surface area contributed by atoms with E-state index in [1.807, 2.05) is 36.4 Å². The first-order valence-corrected chi connectivity index (χ1v) is 9.68. The lowest BCUT2D eigenvalue weighted by Gasteiger charge is -2.14. The maximum Gasteiger partial charge on any atom is 0.292 e. The first-order valence-electron chi connectivity index (χ1n) is 8.46. The Bertz CT molecular complexity index is 1040. The Hall–Kier alpha value is -3.30. The van der Waals surface area contributed by atoms with Gasteiger partial charge in [0.05, 0.1) is 9.83 Å². The summed E-state index contributed by atoms with van der Waals surface area (Å²) in [7, 11) is 0. The van der Waals surface area contributed by atoms with Crippen LogP contribution in [-0.4, -0.2) is 32.5 Å². The second-order valence-corrected chi connectivity index (χ2v) is 7.56. The average Bonchev–Trinajstić information content (AvgIpc) is 2.96. The van der Waals surface area contributed by atoms with Gasteiger partial charge in [-0.05, 0) is 17.7 Å². The van der Waals surface area contributed by atoms with Gasteiger partial charge in [-0.1, -0.05) is 78.6 Å². The van der Waals surface area contributed by atoms with Crippen LogP contribution >= 0.6 is 24.0 Å². The van der Waals surface area contributed by atoms with Crippen molar-refractivity contribution in [1.82, 2.24) is 4.90 Å². The number of carbonyl (C=O) groups excluding carboxylic acids is 2. The summed E-state index contributed by atoms with van der Waals surface area (Å²) in [4.78, 5) is 36.9. The molecule has 0 aromatic heterocycles. The minimum atomic E-state index is -0.586. The topological polar surface area (TPSA) is 92.6 Å². The first-order chi connectivity index (χ1) is 14.0. The maximum atomic E-state index is 12.5. The Morgan fingerprint density at radius 2 is 1.86 bits per heavy atom. The van der Waals surface area contributed by atoms with E-state index >= 15 is 0 Å². The van der Waals surface area contributed by atoms with Crippen LogP contribution in [-0.2, 0) is 9.59 Å². The van der Waals surface area contributed by atoms with Crippen LogP contribution in [0, 0.1) is 10.1 Å². The van der Waals surface area contributed by atoms with Crippen LogP contribution in [0.25, 0.3) is 6.08 Å². The van der Waals surface area contributed by atoms with Gasteiger partial charge < -0.3 is 5.32 Å². The van der Waals surface area contributed by atoms with Crippen molar-refractivity contribution in [2.75, 3.05) is 11.9 Å². The van der Waals surface area contributed by atoms with Gasteiger partial charge in [-0.3, -0.25) is 24.6 Å². The molecule has 1 aliphatic heterocycles. The third-order valence-electron chi connectivity index (χ3n) is 3.89. The van der Waals surface area contributed by atoms with Crippen molar-refractivity contribution in [3.8, 4) is 0 Å². The van der Waals surface area contributed by atoms with Crippen LogP contribution in [0.3, 0.4) is 0 Å². The molecule has 1 heterocycles. The molecule has 29 heavy (non-hydrogen) atoms. The van der Waals surface area contributed by atoms with Gasteiger partial charge in [-0.25, -0.2) is 0 Å². The van der Waals surface area contributed by atoms with Gasteiger partial charge in [0.1, 0.15) is 16.6 Å². The summed E-state index contributed by atoms with van der Waals surface area (Å²) in [5, 5.41) is 13.5. The van der Waals surface area contributed by atoms with Gasteiger partial charge in [-0.15, -0.1) is 0 Å². The maximum absolute atomic E-state index is 12.5. The number of allylic oxidation sites excluding steroid dienone is 2. The molecule has 2 aromatic carbocycles. The second kappa shape index (κ2) is 9.26. The summed E-state index contributed by atoms with van der Waals surface area (Å²) in [6.45, 7) is -0.323. The van der Waals surface area contributed by atoms with Crippen LogP contribution in [0.15, 0.2) is 71.7 Å². The number of thiocarbonyl (C=S) groups is 1. The average molecular weight is 425 g/mol. The van der Waals surface area contributed by atoms with Crippen molar-refractivity contribution in [2.24, 2.45) is 0 Å². The number of hydrogen-bond donors (Lipinski definition) is 1. The molecule has 1 aliphatic rings. The number of para-hydroxylation sites is 2. The highest BCUT2D eigenvalue weighted by atomic mass is 32.2. The van der Waals surface area contributed by atoms with Gasteiger partial charge in [-0.2, -0.15) is 0 Å². The number of rotatable bonds is 6. The number of amides is 2. The molecule has 3 rings (SSSR count). The van der Waals surface area contributed by atoms with Crippen LogP contribution < -0.4 is 5.32 Å². The number of nitro groups is 1. The molecule has 1 saturated heterocycles. The lowest BCUT2D eigenvalue weighted by Crippen LogP contribution is -2.36. The predicted octanol–water partition coefficient (Wildman–Crippen LogP) is 3.99. The molecule has 1 N–H and O–H groups in total. The monoisotopic (exact) mass is 425 g/mol. The van der Waals surface area contributed by atoms with E-state index in [-0.39, 0.29) is 28.1 Å². The largest absolute Gasteiger partial charge is 0.319 e. The van der Waals surface area contributed by atoms with E-state index in [4.69, 9.17) is 12.2 Å². The summed E-state index contributed by atoms with van der Waals surface area (Å²) >= 11 is 6.31. The molecule has 0 saturated carbocycles. The quantitative estimate of drug-likeness (QED) is 0.326. The molecule has 0 atom stereocenters. The molecule has 0 bridgehead atoms. The molecule has 0 spiro atoms. The number of nitrogens with one attached hydrogen (secondary N) is 1. The molecular formula is C20H15N3O4S2. The lowest BCUT2D eigenvalue weighted by atomic mass is 10.2. The molecule has 7 nitrogen and oxygen atoms in total. The number of benzene rings is 2. The normalized spacial score (nSPS) is 15.3. The zero-order valence-electron chi connectivity index (χ0n) is 15.0. The Labute approximate surface area is 176 Å². The van der Waals surface area contributed by atoms with Crippen molar-refractivity contribution in [3.63, 3.8) is 0 Å².